The highest BCUT2D eigenvalue weighted by Crippen LogP contribution is 1.93. The molecule has 0 aliphatic heterocycles. The Morgan fingerprint density at radius 2 is 2.20 bits per heavy atom. The fourth-order valence-electron chi connectivity index (χ4n) is 0.597. The molecule has 1 nitrogen and oxygen atoms in total. The lowest BCUT2D eigenvalue weighted by Crippen LogP contribution is -1.85. The fraction of sp³-hybridized carbons (Fsp3) is 0.444. The molecule has 0 atom stereocenters. The van der Waals surface area contributed by atoms with Gasteiger partial charge >= 0.3 is 0 Å². The summed E-state index contributed by atoms with van der Waals surface area (Å²) >= 11 is 0. The Bertz CT molecular complexity index is 134. The predicted octanol–water partition coefficient (Wildman–Crippen LogP) is 2.49. The summed E-state index contributed by atoms with van der Waals surface area (Å²) in [5.41, 5.74) is 0. The van der Waals surface area contributed by atoms with E-state index in [4.69, 9.17) is 0 Å². The Labute approximate surface area is 62.4 Å². The van der Waals surface area contributed by atoms with E-state index in [-0.39, 0.29) is 5.78 Å². The predicted molar refractivity (Wildman–Crippen MR) is 43.9 cm³/mol. The summed E-state index contributed by atoms with van der Waals surface area (Å²) in [6.45, 7) is 5.19. The van der Waals surface area contributed by atoms with Gasteiger partial charge in [-0.3, -0.25) is 0 Å². The summed E-state index contributed by atoms with van der Waals surface area (Å²) in [6, 6.07) is 0. The van der Waals surface area contributed by atoms with E-state index in [0.29, 0.717) is 6.42 Å². The maximum absolute atomic E-state index is 10.4. The van der Waals surface area contributed by atoms with Gasteiger partial charge < -0.3 is 4.79 Å². The lowest BCUT2D eigenvalue weighted by Gasteiger charge is -1.86. The van der Waals surface area contributed by atoms with Crippen molar-refractivity contribution in [3.8, 4) is 0 Å². The summed E-state index contributed by atoms with van der Waals surface area (Å²) < 4.78 is 0. The normalized spacial score (nSPS) is 10.1. The zero-order chi connectivity index (χ0) is 7.82. The molecule has 1 heteroatoms. The second-order valence-corrected chi connectivity index (χ2v) is 2.24. The molecule has 0 rings (SSSR count). The van der Waals surface area contributed by atoms with E-state index < -0.39 is 0 Å². The fourth-order valence-corrected chi connectivity index (χ4v) is 0.597. The SMILES string of the molecule is C=CCC=CCCC(C)=O. The molecule has 0 N–H and O–H groups in total. The van der Waals surface area contributed by atoms with Crippen molar-refractivity contribution in [1.29, 1.82) is 0 Å². The third-order valence-corrected chi connectivity index (χ3v) is 1.13. The van der Waals surface area contributed by atoms with Crippen LogP contribution in [-0.4, -0.2) is 5.78 Å². The summed E-state index contributed by atoms with van der Waals surface area (Å²) in [6.07, 6.45) is 8.30. The van der Waals surface area contributed by atoms with Gasteiger partial charge in [-0.15, -0.1) is 6.58 Å². The van der Waals surface area contributed by atoms with Gasteiger partial charge in [0, 0.05) is 6.42 Å². The molecular weight excluding hydrogens is 124 g/mol. The van der Waals surface area contributed by atoms with Gasteiger partial charge in [0.1, 0.15) is 5.78 Å². The minimum Gasteiger partial charge on any atom is -0.300 e. The minimum atomic E-state index is 0.253. The number of rotatable bonds is 5. The maximum Gasteiger partial charge on any atom is 0.130 e. The molecule has 0 unspecified atom stereocenters. The Morgan fingerprint density at radius 3 is 2.70 bits per heavy atom. The van der Waals surface area contributed by atoms with Crippen LogP contribution in [0.2, 0.25) is 0 Å². The van der Waals surface area contributed by atoms with Crippen LogP contribution in [0.25, 0.3) is 0 Å². The first-order valence-electron chi connectivity index (χ1n) is 3.52. The molecule has 0 saturated heterocycles. The van der Waals surface area contributed by atoms with E-state index in [2.05, 4.69) is 6.58 Å². The van der Waals surface area contributed by atoms with Crippen LogP contribution in [0.5, 0.6) is 0 Å². The number of ketones is 1. The van der Waals surface area contributed by atoms with Crippen LogP contribution >= 0.6 is 0 Å². The number of allylic oxidation sites excluding steroid dienone is 3. The molecule has 0 aromatic carbocycles. The molecule has 56 valence electrons. The number of hydrogen-bond donors (Lipinski definition) is 0. The second-order valence-electron chi connectivity index (χ2n) is 2.24. The lowest BCUT2D eigenvalue weighted by molar-refractivity contribution is -0.116. The van der Waals surface area contributed by atoms with Crippen molar-refractivity contribution >= 4 is 5.78 Å². The third-order valence-electron chi connectivity index (χ3n) is 1.13. The van der Waals surface area contributed by atoms with Crippen LogP contribution in [0, 0.1) is 0 Å². The van der Waals surface area contributed by atoms with E-state index in [9.17, 15) is 4.79 Å². The molecule has 0 heterocycles. The smallest absolute Gasteiger partial charge is 0.130 e. The molecule has 0 bridgehead atoms. The zero-order valence-electron chi connectivity index (χ0n) is 6.47. The molecule has 0 fully saturated rings. The zero-order valence-corrected chi connectivity index (χ0v) is 6.47. The molecule has 10 heavy (non-hydrogen) atoms. The quantitative estimate of drug-likeness (QED) is 0.533. The summed E-state index contributed by atoms with van der Waals surface area (Å²) in [7, 11) is 0. The summed E-state index contributed by atoms with van der Waals surface area (Å²) in [5.74, 6) is 0.253. The summed E-state index contributed by atoms with van der Waals surface area (Å²) in [5, 5.41) is 0. The molecule has 0 radical (unpaired) electrons. The van der Waals surface area contributed by atoms with Crippen molar-refractivity contribution in [3.05, 3.63) is 24.8 Å². The van der Waals surface area contributed by atoms with Crippen molar-refractivity contribution in [2.24, 2.45) is 0 Å². The van der Waals surface area contributed by atoms with Gasteiger partial charge in [0.15, 0.2) is 0 Å². The van der Waals surface area contributed by atoms with Crippen LogP contribution in [0.3, 0.4) is 0 Å². The first kappa shape index (κ1) is 9.15. The van der Waals surface area contributed by atoms with E-state index in [1.807, 2.05) is 18.2 Å². The standard InChI is InChI=1S/C9H14O/c1-3-4-5-6-7-8-9(2)10/h3,5-6H,1,4,7-8H2,2H3. The number of carbonyl (C=O) groups is 1. The largest absolute Gasteiger partial charge is 0.300 e. The number of Topliss-reactive ketones (excluding diaryl/α,β-unsaturated/α-hetero) is 1. The highest BCUT2D eigenvalue weighted by Gasteiger charge is 1.86. The van der Waals surface area contributed by atoms with Crippen molar-refractivity contribution < 1.29 is 4.79 Å². The average Bonchev–Trinajstić information content (AvgIpc) is 1.87. The summed E-state index contributed by atoms with van der Waals surface area (Å²) in [4.78, 5) is 10.4. The van der Waals surface area contributed by atoms with Gasteiger partial charge in [0.25, 0.3) is 0 Å². The third kappa shape index (κ3) is 7.15. The van der Waals surface area contributed by atoms with Crippen molar-refractivity contribution in [3.63, 3.8) is 0 Å². The van der Waals surface area contributed by atoms with Crippen molar-refractivity contribution in [2.75, 3.05) is 0 Å². The minimum absolute atomic E-state index is 0.253. The van der Waals surface area contributed by atoms with Gasteiger partial charge in [0.2, 0.25) is 0 Å². The van der Waals surface area contributed by atoms with Crippen LogP contribution in [-0.2, 0) is 4.79 Å². The van der Waals surface area contributed by atoms with Gasteiger partial charge in [0.05, 0.1) is 0 Å². The number of carbonyl (C=O) groups excluding carboxylic acids is 1. The highest BCUT2D eigenvalue weighted by molar-refractivity contribution is 5.75. The average molecular weight is 138 g/mol. The van der Waals surface area contributed by atoms with Crippen LogP contribution in [0.4, 0.5) is 0 Å². The van der Waals surface area contributed by atoms with Gasteiger partial charge in [-0.1, -0.05) is 18.2 Å². The molecule has 0 aromatic heterocycles. The van der Waals surface area contributed by atoms with Crippen molar-refractivity contribution in [2.45, 2.75) is 26.2 Å². The van der Waals surface area contributed by atoms with Gasteiger partial charge in [-0.2, -0.15) is 0 Å². The van der Waals surface area contributed by atoms with E-state index in [1.165, 1.54) is 0 Å². The topological polar surface area (TPSA) is 17.1 Å². The maximum atomic E-state index is 10.4. The molecule has 0 spiro atoms. The highest BCUT2D eigenvalue weighted by atomic mass is 16.1. The first-order chi connectivity index (χ1) is 4.77. The van der Waals surface area contributed by atoms with Crippen molar-refractivity contribution in [1.82, 2.24) is 0 Å². The molecule has 0 aliphatic rings. The van der Waals surface area contributed by atoms with Crippen LogP contribution in [0.15, 0.2) is 24.8 Å². The molecule has 0 amide bonds. The van der Waals surface area contributed by atoms with Crippen LogP contribution < -0.4 is 0 Å². The van der Waals surface area contributed by atoms with E-state index >= 15 is 0 Å². The molecule has 0 saturated carbocycles. The Balaban J connectivity index is 3.18. The first-order valence-corrected chi connectivity index (χ1v) is 3.52. The van der Waals surface area contributed by atoms with E-state index in [0.717, 1.165) is 12.8 Å². The Morgan fingerprint density at radius 1 is 1.50 bits per heavy atom. The molecule has 0 aliphatic carbocycles. The van der Waals surface area contributed by atoms with Crippen LogP contribution in [0.1, 0.15) is 26.2 Å². The molecular formula is C9H14O. The van der Waals surface area contributed by atoms with Gasteiger partial charge in [-0.05, 0) is 19.8 Å². The number of hydrogen-bond acceptors (Lipinski definition) is 1. The van der Waals surface area contributed by atoms with Gasteiger partial charge in [-0.25, -0.2) is 0 Å². The monoisotopic (exact) mass is 138 g/mol. The Hall–Kier alpha value is -0.850. The second kappa shape index (κ2) is 6.27. The molecule has 0 aromatic rings. The lowest BCUT2D eigenvalue weighted by atomic mass is 10.2. The van der Waals surface area contributed by atoms with E-state index in [1.54, 1.807) is 6.92 Å². The Kier molecular flexibility index (Phi) is 5.74.